The van der Waals surface area contributed by atoms with Crippen molar-refractivity contribution in [2.24, 2.45) is 0 Å². The average Bonchev–Trinajstić information content (AvgIpc) is 2.87. The highest BCUT2D eigenvalue weighted by atomic mass is 16.3. The van der Waals surface area contributed by atoms with Gasteiger partial charge >= 0.3 is 5.88 Å². The molecule has 4 rings (SSSR count). The number of aryl methyl sites for hydroxylation is 2. The molecule has 0 atom stereocenters. The van der Waals surface area contributed by atoms with Gasteiger partial charge in [0.05, 0.1) is 11.9 Å². The Hall–Kier alpha value is -3.06. The molecule has 0 aliphatic carbocycles. The fourth-order valence-electron chi connectivity index (χ4n) is 2.59. The molecular weight excluding hydrogens is 294 g/mol. The standard InChI is InChI=1S/C16H13N5O.H2O/c1-10-7-8-12(9-17-10)20-16(22)15-11(2)18-13-5-3-4-6-14(13)21(15)19-20;/h3-9H,1-2H3;1H2. The third-order valence-corrected chi connectivity index (χ3v) is 3.68. The smallest absolute Gasteiger partial charge is 0.361 e. The number of hydrogen-bond acceptors (Lipinski definition) is 5. The number of rotatable bonds is 1. The Morgan fingerprint density at radius 2 is 1.87 bits per heavy atom. The van der Waals surface area contributed by atoms with Crippen LogP contribution in [0.4, 0.5) is 0 Å². The van der Waals surface area contributed by atoms with Gasteiger partial charge < -0.3 is 10.6 Å². The van der Waals surface area contributed by atoms with Crippen LogP contribution in [0.1, 0.15) is 11.4 Å². The summed E-state index contributed by atoms with van der Waals surface area (Å²) in [5, 5.41) is 15.1. The largest absolute Gasteiger partial charge is 0.870 e. The number of aromatic nitrogens is 5. The first kappa shape index (κ1) is 14.9. The zero-order valence-corrected chi connectivity index (χ0v) is 12.7. The molecule has 0 aliphatic heterocycles. The van der Waals surface area contributed by atoms with Gasteiger partial charge in [0.15, 0.2) is 11.2 Å². The molecule has 0 spiro atoms. The Labute approximate surface area is 131 Å². The van der Waals surface area contributed by atoms with Crippen molar-refractivity contribution in [2.75, 3.05) is 0 Å². The van der Waals surface area contributed by atoms with Crippen LogP contribution in [0.2, 0.25) is 0 Å². The summed E-state index contributed by atoms with van der Waals surface area (Å²) in [6.07, 6.45) is 1.69. The maximum Gasteiger partial charge on any atom is 0.361 e. The predicted octanol–water partition coefficient (Wildman–Crippen LogP) is 1.70. The monoisotopic (exact) mass is 309 g/mol. The lowest BCUT2D eigenvalue weighted by Gasteiger charge is -1.96. The van der Waals surface area contributed by atoms with E-state index in [4.69, 9.17) is 0 Å². The second-order valence-electron chi connectivity index (χ2n) is 5.23. The van der Waals surface area contributed by atoms with E-state index in [1.807, 2.05) is 50.2 Å². The van der Waals surface area contributed by atoms with E-state index in [1.165, 1.54) is 4.68 Å². The topological polar surface area (TPSA) is 97.9 Å². The maximum atomic E-state index is 10.6. The van der Waals surface area contributed by atoms with Crippen LogP contribution >= 0.6 is 0 Å². The molecule has 3 aromatic heterocycles. The Morgan fingerprint density at radius 1 is 1.09 bits per heavy atom. The van der Waals surface area contributed by atoms with Crippen molar-refractivity contribution in [2.45, 2.75) is 13.8 Å². The zero-order chi connectivity index (χ0) is 15.3. The first-order valence-corrected chi connectivity index (χ1v) is 6.97. The summed E-state index contributed by atoms with van der Waals surface area (Å²) in [7, 11) is 0. The van der Waals surface area contributed by atoms with E-state index in [9.17, 15) is 5.11 Å². The molecule has 116 valence electrons. The molecule has 7 nitrogen and oxygen atoms in total. The predicted molar refractivity (Wildman–Crippen MR) is 82.9 cm³/mol. The van der Waals surface area contributed by atoms with Crippen LogP contribution < -0.4 is 4.52 Å². The molecular formula is C16H15N5O2. The lowest BCUT2D eigenvalue weighted by molar-refractivity contribution is -0.556. The highest BCUT2D eigenvalue weighted by molar-refractivity contribution is 5.74. The van der Waals surface area contributed by atoms with E-state index >= 15 is 0 Å². The van der Waals surface area contributed by atoms with E-state index < -0.39 is 0 Å². The molecule has 0 amide bonds. The van der Waals surface area contributed by atoms with Crippen LogP contribution in [-0.2, 0) is 0 Å². The summed E-state index contributed by atoms with van der Waals surface area (Å²) in [4.78, 5) is 8.79. The molecule has 7 heteroatoms. The van der Waals surface area contributed by atoms with Gasteiger partial charge in [0.2, 0.25) is 0 Å². The van der Waals surface area contributed by atoms with E-state index in [2.05, 4.69) is 15.2 Å². The molecule has 0 fully saturated rings. The molecule has 0 unspecified atom stereocenters. The maximum absolute atomic E-state index is 10.6. The van der Waals surface area contributed by atoms with Gasteiger partial charge in [-0.25, -0.2) is 4.98 Å². The first-order valence-electron chi connectivity index (χ1n) is 6.97. The highest BCUT2D eigenvalue weighted by Gasteiger charge is 2.25. The van der Waals surface area contributed by atoms with Crippen LogP contribution in [0.5, 0.6) is 5.88 Å². The van der Waals surface area contributed by atoms with E-state index in [-0.39, 0.29) is 11.4 Å². The summed E-state index contributed by atoms with van der Waals surface area (Å²) < 4.78 is 3.19. The summed E-state index contributed by atoms with van der Waals surface area (Å²) in [5.74, 6) is 0.0569. The van der Waals surface area contributed by atoms with Gasteiger partial charge in [-0.1, -0.05) is 21.3 Å². The van der Waals surface area contributed by atoms with E-state index in [0.717, 1.165) is 22.4 Å². The van der Waals surface area contributed by atoms with Gasteiger partial charge in [0, 0.05) is 5.69 Å². The number of fused-ring (bicyclic) bond motifs is 3. The van der Waals surface area contributed by atoms with Crippen LogP contribution in [0, 0.1) is 13.8 Å². The minimum absolute atomic E-state index is 0. The Morgan fingerprint density at radius 3 is 2.61 bits per heavy atom. The number of pyridine rings is 1. The number of para-hydroxylation sites is 2. The lowest BCUT2D eigenvalue weighted by Crippen LogP contribution is -2.27. The summed E-state index contributed by atoms with van der Waals surface area (Å²) >= 11 is 0. The fraction of sp³-hybridized carbons (Fsp3) is 0.125. The number of aromatic hydroxyl groups is 1. The van der Waals surface area contributed by atoms with Crippen LogP contribution in [0.15, 0.2) is 42.6 Å². The third-order valence-electron chi connectivity index (χ3n) is 3.68. The van der Waals surface area contributed by atoms with Crippen LogP contribution in [0.25, 0.3) is 22.2 Å². The minimum atomic E-state index is 0. The lowest BCUT2D eigenvalue weighted by atomic mass is 10.2. The average molecular weight is 309 g/mol. The minimum Gasteiger partial charge on any atom is -0.870 e. The van der Waals surface area contributed by atoms with E-state index in [1.54, 1.807) is 10.7 Å². The van der Waals surface area contributed by atoms with Crippen LogP contribution in [0.3, 0.4) is 0 Å². The quantitative estimate of drug-likeness (QED) is 0.540. The fourth-order valence-corrected chi connectivity index (χ4v) is 2.59. The normalized spacial score (nSPS) is 10.9. The molecule has 3 heterocycles. The summed E-state index contributed by atoms with van der Waals surface area (Å²) in [6.45, 7) is 3.78. The van der Waals surface area contributed by atoms with Crippen molar-refractivity contribution in [3.8, 4) is 11.6 Å². The van der Waals surface area contributed by atoms with Crippen molar-refractivity contribution >= 4 is 16.6 Å². The van der Waals surface area contributed by atoms with Crippen molar-refractivity contribution in [3.05, 3.63) is 54.0 Å². The molecule has 1 aromatic carbocycles. The number of benzene rings is 1. The van der Waals surface area contributed by atoms with Gasteiger partial charge in [-0.05, 0) is 38.1 Å². The molecule has 0 bridgehead atoms. The Bertz CT molecular complexity index is 1010. The van der Waals surface area contributed by atoms with E-state index in [0.29, 0.717) is 11.2 Å². The van der Waals surface area contributed by atoms with Crippen molar-refractivity contribution in [1.29, 1.82) is 0 Å². The van der Waals surface area contributed by atoms with Gasteiger partial charge in [0.1, 0.15) is 10.7 Å². The number of nitrogens with zero attached hydrogens (tertiary/aromatic N) is 5. The molecule has 2 N–H and O–H groups in total. The third kappa shape index (κ3) is 2.18. The van der Waals surface area contributed by atoms with Crippen molar-refractivity contribution < 1.29 is 15.1 Å². The molecule has 23 heavy (non-hydrogen) atoms. The summed E-state index contributed by atoms with van der Waals surface area (Å²) in [5.41, 5.74) is 4.62. The van der Waals surface area contributed by atoms with Gasteiger partial charge in [0.25, 0.3) is 5.52 Å². The van der Waals surface area contributed by atoms with Crippen LogP contribution in [-0.4, -0.2) is 30.4 Å². The van der Waals surface area contributed by atoms with Crippen molar-refractivity contribution in [3.63, 3.8) is 0 Å². The zero-order valence-electron chi connectivity index (χ0n) is 12.7. The molecule has 0 saturated heterocycles. The Balaban J connectivity index is 0.00000156. The molecule has 0 aliphatic rings. The summed E-state index contributed by atoms with van der Waals surface area (Å²) in [6, 6.07) is 11.5. The SMILES string of the molecule is Cc1ccc(-n2n[n+]3c(c(C)nc4ccccc43)c2O)cn1.[OH-]. The van der Waals surface area contributed by atoms with Gasteiger partial charge in [-0.15, -0.1) is 0 Å². The highest BCUT2D eigenvalue weighted by Crippen LogP contribution is 2.22. The van der Waals surface area contributed by atoms with Gasteiger partial charge in [-0.2, -0.15) is 0 Å². The molecule has 0 saturated carbocycles. The first-order chi connectivity index (χ1) is 10.6. The molecule has 0 radical (unpaired) electrons. The Kier molecular flexibility index (Phi) is 3.42. The number of hydrogen-bond donors (Lipinski definition) is 1. The molecule has 4 aromatic rings. The second-order valence-corrected chi connectivity index (χ2v) is 5.23. The van der Waals surface area contributed by atoms with Gasteiger partial charge in [-0.3, -0.25) is 4.98 Å². The second kappa shape index (κ2) is 5.29. The van der Waals surface area contributed by atoms with Crippen molar-refractivity contribution in [1.82, 2.24) is 19.9 Å².